The van der Waals surface area contributed by atoms with Crippen molar-refractivity contribution in [3.63, 3.8) is 0 Å². The molecule has 0 saturated carbocycles. The second-order valence-electron chi connectivity index (χ2n) is 33.4. The van der Waals surface area contributed by atoms with Crippen LogP contribution in [0.2, 0.25) is 0 Å². The Bertz CT molecular complexity index is 6650. The first-order valence-corrected chi connectivity index (χ1v) is 46.6. The third-order valence-corrected chi connectivity index (χ3v) is 24.4. The summed E-state index contributed by atoms with van der Waals surface area (Å²) < 4.78 is 41.1. The van der Waals surface area contributed by atoms with Crippen LogP contribution < -0.4 is 28.4 Å². The number of nitrogens with one attached hydrogen (secondary N) is 4. The van der Waals surface area contributed by atoms with E-state index in [0.717, 1.165) is 313 Å². The molecule has 4 aliphatic heterocycles. The minimum atomic E-state index is 0.519. The highest BCUT2D eigenvalue weighted by molar-refractivity contribution is 6.05. The molecule has 14 heterocycles. The zero-order valence-electron chi connectivity index (χ0n) is 75.5. The number of aromatic nitrogens is 12. The number of fused-ring (bicyclic) bond motifs is 16. The van der Waals surface area contributed by atoms with Gasteiger partial charge in [0.25, 0.3) is 0 Å². The third-order valence-electron chi connectivity index (χ3n) is 24.4. The first-order valence-electron chi connectivity index (χ1n) is 46.6. The average molecular weight is 1740 g/mol. The van der Waals surface area contributed by atoms with Crippen molar-refractivity contribution in [3.8, 4) is 146 Å². The van der Waals surface area contributed by atoms with Crippen molar-refractivity contribution in [3.05, 3.63) is 289 Å². The molecular formula is C114H106N12O6. The molecule has 18 heteroatoms. The van der Waals surface area contributed by atoms with E-state index >= 15 is 0 Å². The van der Waals surface area contributed by atoms with Gasteiger partial charge in [-0.05, 0) is 265 Å². The van der Waals surface area contributed by atoms with Crippen LogP contribution in [-0.2, 0) is 0 Å². The van der Waals surface area contributed by atoms with Crippen molar-refractivity contribution in [1.29, 1.82) is 0 Å². The Morgan fingerprint density at radius 1 is 0.197 bits per heavy atom. The summed E-state index contributed by atoms with van der Waals surface area (Å²) >= 11 is 0. The fraction of sp³-hybridized carbons (Fsp3) is 0.211. The number of benzene rings is 5. The van der Waals surface area contributed by atoms with Crippen LogP contribution in [0.25, 0.3) is 204 Å². The van der Waals surface area contributed by atoms with Crippen molar-refractivity contribution in [2.24, 2.45) is 0 Å². The standard InChI is InChI=1S/C114H106N12O6/c1-7-13-65-127-99-21-19-22-100(128-66-14-8-2)113(99)111-95-45-41-91(123-95)107(77-49-57-115-58-50-77)87-37-33-83(119-87)105(84-34-38-88(120-84)108(78-51-59-116-60-52-78)92-42-46-96(111)124-92)75-29-25-73(26-30-75)81-71-104(132-70-18-12-6)82(72-103(81)131-69-17-11-5)74-27-31-76(32-28-74)106-85-35-39-89(121-85)109(79-53-61-117-62-54-79)93-43-47-97(125-93)112(114-101(129-67-15-9-3)23-20-24-102(114)130-68-16-10-4)98-48-44-94(126-98)110(80-55-63-118-64-56-80)90-40-36-86(106)122-90/h19-64,71-72,119,121,124,126H,7-18,65-70H2,1-6H3. The van der Waals surface area contributed by atoms with E-state index in [-0.39, 0.29) is 0 Å². The molecule has 4 N–H and O–H groups in total. The van der Waals surface area contributed by atoms with E-state index in [1.54, 1.807) is 0 Å². The number of H-pyrrole nitrogens is 4. The van der Waals surface area contributed by atoms with Crippen molar-refractivity contribution in [2.45, 2.75) is 119 Å². The summed E-state index contributed by atoms with van der Waals surface area (Å²) in [6.45, 7) is 16.3. The molecule has 15 aromatic rings. The van der Waals surface area contributed by atoms with E-state index in [2.05, 4.69) is 239 Å². The largest absolute Gasteiger partial charge is 0.493 e. The van der Waals surface area contributed by atoms with Crippen LogP contribution in [0.4, 0.5) is 0 Å². The van der Waals surface area contributed by atoms with Gasteiger partial charge in [0.1, 0.15) is 34.5 Å². The molecule has 0 unspecified atom stereocenters. The van der Waals surface area contributed by atoms with E-state index in [0.29, 0.717) is 39.6 Å². The first-order chi connectivity index (χ1) is 65.2. The number of nitrogens with zero attached hydrogens (tertiary/aromatic N) is 8. The lowest BCUT2D eigenvalue weighted by atomic mass is 9.94. The molecule has 16 bridgehead atoms. The zero-order chi connectivity index (χ0) is 89.6. The molecule has 0 saturated heterocycles. The van der Waals surface area contributed by atoms with Crippen molar-refractivity contribution >= 4 is 92.7 Å². The lowest BCUT2D eigenvalue weighted by molar-refractivity contribution is 0.296. The molecule has 19 rings (SSSR count). The van der Waals surface area contributed by atoms with Crippen LogP contribution in [0, 0.1) is 0 Å². The Morgan fingerprint density at radius 3 is 0.606 bits per heavy atom. The SMILES string of the molecule is CCCCOc1cc(-c2ccc(-c3c4nc(c(-c5ccncc5)c5ccc([nH]5)c(-c5c(OCCCC)cccc5OCCCC)c5nc(c(-c6ccncc6)c6ccc3[nH]6)C=C5)C=C4)cc2)c(OCCCC)cc1-c1ccc(-c2c3nc(c(-c4ccncc4)c4ccc([nH]4)c(-c4c(OCCCC)cccc4OCCCC)c4nc(c(-c5ccncc5)c5ccc2[nH]5)C=C4)C=C3)cc1. The Labute approximate surface area is 769 Å². The lowest BCUT2D eigenvalue weighted by Gasteiger charge is -2.19. The minimum Gasteiger partial charge on any atom is -0.493 e. The summed E-state index contributed by atoms with van der Waals surface area (Å²) in [6, 6.07) is 67.7. The van der Waals surface area contributed by atoms with Crippen LogP contribution in [0.1, 0.15) is 164 Å². The van der Waals surface area contributed by atoms with E-state index in [4.69, 9.17) is 48.4 Å². The summed E-state index contributed by atoms with van der Waals surface area (Å²) in [5.41, 5.74) is 31.2. The van der Waals surface area contributed by atoms with E-state index in [1.807, 2.05) is 135 Å². The molecule has 18 nitrogen and oxygen atoms in total. The van der Waals surface area contributed by atoms with Gasteiger partial charge in [0.05, 0.1) is 96.3 Å². The summed E-state index contributed by atoms with van der Waals surface area (Å²) in [5, 5.41) is 0. The monoisotopic (exact) mass is 1740 g/mol. The third kappa shape index (κ3) is 18.0. The molecule has 4 aliphatic rings. The van der Waals surface area contributed by atoms with Gasteiger partial charge in [-0.2, -0.15) is 0 Å². The first kappa shape index (κ1) is 86.1. The van der Waals surface area contributed by atoms with Crippen LogP contribution in [0.3, 0.4) is 0 Å². The Balaban J connectivity index is 0.757. The average Bonchev–Trinajstić information content (AvgIpc) is 1.63. The number of hydrogen-bond donors (Lipinski definition) is 4. The van der Waals surface area contributed by atoms with E-state index in [1.165, 1.54) is 0 Å². The van der Waals surface area contributed by atoms with Gasteiger partial charge < -0.3 is 48.4 Å². The minimum absolute atomic E-state index is 0.519. The molecule has 5 aromatic carbocycles. The van der Waals surface area contributed by atoms with E-state index < -0.39 is 0 Å². The Hall–Kier alpha value is -15.3. The molecule has 0 atom stereocenters. The van der Waals surface area contributed by atoms with Crippen molar-refractivity contribution < 1.29 is 28.4 Å². The quantitative estimate of drug-likeness (QED) is 0.0276. The molecule has 0 spiro atoms. The van der Waals surface area contributed by atoms with Gasteiger partial charge in [0, 0.05) is 149 Å². The number of rotatable bonds is 34. The number of hydrogen-bond acceptors (Lipinski definition) is 14. The summed E-state index contributed by atoms with van der Waals surface area (Å²) in [6.07, 6.45) is 42.8. The highest BCUT2D eigenvalue weighted by atomic mass is 16.5. The fourth-order valence-corrected chi connectivity index (χ4v) is 17.7. The fourth-order valence-electron chi connectivity index (χ4n) is 17.7. The highest BCUT2D eigenvalue weighted by Crippen LogP contribution is 2.50. The molecular weight excluding hydrogens is 1630 g/mol. The van der Waals surface area contributed by atoms with Gasteiger partial charge >= 0.3 is 0 Å². The Kier molecular flexibility index (Phi) is 26.2. The molecule has 0 aliphatic carbocycles. The van der Waals surface area contributed by atoms with Crippen LogP contribution >= 0.6 is 0 Å². The molecule has 10 aromatic heterocycles. The van der Waals surface area contributed by atoms with Gasteiger partial charge in [0.15, 0.2) is 0 Å². The highest BCUT2D eigenvalue weighted by Gasteiger charge is 2.28. The number of aromatic amines is 4. The zero-order valence-corrected chi connectivity index (χ0v) is 75.5. The smallest absolute Gasteiger partial charge is 0.131 e. The predicted molar refractivity (Wildman–Crippen MR) is 539 cm³/mol. The maximum atomic E-state index is 7.02. The second kappa shape index (κ2) is 40.2. The van der Waals surface area contributed by atoms with Gasteiger partial charge in [-0.1, -0.05) is 141 Å². The summed E-state index contributed by atoms with van der Waals surface area (Å²) in [5.74, 6) is 4.38. The van der Waals surface area contributed by atoms with Gasteiger partial charge in [0.2, 0.25) is 0 Å². The summed E-state index contributed by atoms with van der Waals surface area (Å²) in [4.78, 5) is 56.5. The van der Waals surface area contributed by atoms with Crippen LogP contribution in [0.15, 0.2) is 244 Å². The molecule has 0 amide bonds. The second-order valence-corrected chi connectivity index (χ2v) is 33.4. The van der Waals surface area contributed by atoms with Gasteiger partial charge in [-0.25, -0.2) is 19.9 Å². The lowest BCUT2D eigenvalue weighted by Crippen LogP contribution is -2.03. The van der Waals surface area contributed by atoms with Crippen molar-refractivity contribution in [1.82, 2.24) is 59.8 Å². The molecule has 132 heavy (non-hydrogen) atoms. The maximum Gasteiger partial charge on any atom is 0.131 e. The number of unbranched alkanes of at least 4 members (excludes halogenated alkanes) is 6. The molecule has 0 radical (unpaired) electrons. The van der Waals surface area contributed by atoms with Crippen LogP contribution in [-0.4, -0.2) is 99.4 Å². The maximum absolute atomic E-state index is 7.02. The van der Waals surface area contributed by atoms with Crippen molar-refractivity contribution in [2.75, 3.05) is 39.6 Å². The normalized spacial score (nSPS) is 12.0. The predicted octanol–water partition coefficient (Wildman–Crippen LogP) is 28.9. The summed E-state index contributed by atoms with van der Waals surface area (Å²) in [7, 11) is 0. The van der Waals surface area contributed by atoms with Gasteiger partial charge in [-0.15, -0.1) is 0 Å². The molecule has 658 valence electrons. The number of pyridine rings is 4. The van der Waals surface area contributed by atoms with Crippen LogP contribution in [0.5, 0.6) is 34.5 Å². The number of ether oxygens (including phenoxy) is 6. The van der Waals surface area contributed by atoms with E-state index in [9.17, 15) is 0 Å². The topological polar surface area (TPSA) is 222 Å². The van der Waals surface area contributed by atoms with Gasteiger partial charge in [-0.3, -0.25) is 19.9 Å². The Morgan fingerprint density at radius 2 is 0.386 bits per heavy atom. The molecule has 0 fully saturated rings.